The zero-order valence-electron chi connectivity index (χ0n) is 13.3. The quantitative estimate of drug-likeness (QED) is 0.585. The van der Waals surface area contributed by atoms with Gasteiger partial charge in [-0.05, 0) is 56.4 Å². The number of fused-ring (bicyclic) bond motifs is 1. The normalized spacial score (nSPS) is 14.0. The summed E-state index contributed by atoms with van der Waals surface area (Å²) < 4.78 is 2.47. The first-order chi connectivity index (χ1) is 10.6. The van der Waals surface area contributed by atoms with Gasteiger partial charge in [-0.2, -0.15) is 0 Å². The predicted octanol–water partition coefficient (Wildman–Crippen LogP) is 5.81. The summed E-state index contributed by atoms with van der Waals surface area (Å²) in [6, 6.07) is 10.1. The number of aryl methyl sites for hydroxylation is 1. The Bertz CT molecular complexity index is 846. The summed E-state index contributed by atoms with van der Waals surface area (Å²) in [5.41, 5.74) is 6.20. The monoisotopic (exact) mass is 346 g/mol. The Morgan fingerprint density at radius 3 is 2.48 bits per heavy atom. The maximum absolute atomic E-state index is 6.03. The Kier molecular flexibility index (Phi) is 4.39. The molecule has 1 saturated carbocycles. The highest BCUT2D eigenvalue weighted by Gasteiger charge is 2.25. The van der Waals surface area contributed by atoms with Crippen LogP contribution in [0.15, 0.2) is 36.5 Å². The number of benzene rings is 1. The molecule has 0 spiro atoms. The number of rotatable bonds is 3. The van der Waals surface area contributed by atoms with Gasteiger partial charge in [-0.25, -0.2) is 0 Å². The predicted molar refractivity (Wildman–Crippen MR) is 99.6 cm³/mol. The van der Waals surface area contributed by atoms with Gasteiger partial charge in [-0.1, -0.05) is 23.7 Å². The molecule has 0 N–H and O–H groups in total. The van der Waals surface area contributed by atoms with Gasteiger partial charge >= 0.3 is 0 Å². The molecule has 2 heterocycles. The van der Waals surface area contributed by atoms with E-state index in [1.54, 1.807) is 0 Å². The van der Waals surface area contributed by atoms with E-state index in [1.807, 2.05) is 18.3 Å². The highest BCUT2D eigenvalue weighted by Crippen LogP contribution is 2.37. The Morgan fingerprint density at radius 1 is 1.13 bits per heavy atom. The summed E-state index contributed by atoms with van der Waals surface area (Å²) in [4.78, 5) is 4.69. The number of pyridine rings is 1. The zero-order valence-corrected chi connectivity index (χ0v) is 14.9. The molecule has 2 nitrogen and oxygen atoms in total. The van der Waals surface area contributed by atoms with Gasteiger partial charge in [0.2, 0.25) is 0 Å². The highest BCUT2D eigenvalue weighted by atomic mass is 35.5. The lowest BCUT2D eigenvalue weighted by molar-refractivity contribution is 0.632. The number of aromatic nitrogens is 2. The van der Waals surface area contributed by atoms with Crippen LogP contribution in [-0.4, -0.2) is 9.55 Å². The molecule has 4 heteroatoms. The van der Waals surface area contributed by atoms with Gasteiger partial charge in [0, 0.05) is 34.4 Å². The molecule has 0 radical (unpaired) electrons. The Labute approximate surface area is 147 Å². The van der Waals surface area contributed by atoms with Crippen LogP contribution in [0.3, 0.4) is 0 Å². The maximum atomic E-state index is 6.03. The third-order valence-electron chi connectivity index (χ3n) is 4.80. The molecule has 0 atom stereocenters. The number of hydrogen-bond acceptors (Lipinski definition) is 1. The van der Waals surface area contributed by atoms with Gasteiger partial charge in [0.25, 0.3) is 0 Å². The molecule has 23 heavy (non-hydrogen) atoms. The Morgan fingerprint density at radius 2 is 1.83 bits per heavy atom. The second-order valence-electron chi connectivity index (χ2n) is 6.33. The van der Waals surface area contributed by atoms with E-state index in [-0.39, 0.29) is 12.4 Å². The lowest BCUT2D eigenvalue weighted by atomic mass is 10.1. The van der Waals surface area contributed by atoms with Gasteiger partial charge in [-0.3, -0.25) is 4.98 Å². The summed E-state index contributed by atoms with van der Waals surface area (Å²) in [5.74, 6) is 0.840. The Hall–Kier alpha value is -1.51. The minimum absolute atomic E-state index is 0. The standard InChI is InChI=1S/C19H19ClN2.ClH/c1-12-13(2)22(11-14-3-4-14)19-17(12)9-10-21-18(19)15-5-7-16(20)8-6-15;/h5-10,14H,3-4,11H2,1-2H3;1H. The van der Waals surface area contributed by atoms with Crippen LogP contribution in [0.4, 0.5) is 0 Å². The second-order valence-corrected chi connectivity index (χ2v) is 6.76. The van der Waals surface area contributed by atoms with Gasteiger partial charge < -0.3 is 4.57 Å². The first-order valence-corrected chi connectivity index (χ1v) is 8.23. The minimum Gasteiger partial charge on any atom is -0.343 e. The fourth-order valence-corrected chi connectivity index (χ4v) is 3.33. The summed E-state index contributed by atoms with van der Waals surface area (Å²) in [6.07, 6.45) is 4.63. The largest absolute Gasteiger partial charge is 0.343 e. The van der Waals surface area contributed by atoms with Crippen molar-refractivity contribution in [2.75, 3.05) is 0 Å². The maximum Gasteiger partial charge on any atom is 0.0944 e. The molecular weight excluding hydrogens is 327 g/mol. The summed E-state index contributed by atoms with van der Waals surface area (Å²) >= 11 is 6.03. The Balaban J connectivity index is 0.00000156. The van der Waals surface area contributed by atoms with Crippen molar-refractivity contribution in [3.05, 3.63) is 52.8 Å². The molecule has 0 bridgehead atoms. The van der Waals surface area contributed by atoms with E-state index in [9.17, 15) is 0 Å². The van der Waals surface area contributed by atoms with Crippen LogP contribution in [0.2, 0.25) is 5.02 Å². The van der Waals surface area contributed by atoms with Crippen LogP contribution in [-0.2, 0) is 6.54 Å². The SMILES string of the molecule is Cc1c(C)n(CC2CC2)c2c(-c3ccc(Cl)cc3)nccc12.Cl. The minimum atomic E-state index is 0. The van der Waals surface area contributed by atoms with Crippen LogP contribution in [0, 0.1) is 19.8 Å². The van der Waals surface area contributed by atoms with Crippen LogP contribution in [0.5, 0.6) is 0 Å². The van der Waals surface area contributed by atoms with Crippen molar-refractivity contribution in [2.45, 2.75) is 33.2 Å². The lowest BCUT2D eigenvalue weighted by Gasteiger charge is -2.11. The van der Waals surface area contributed by atoms with Gasteiger partial charge in [0.05, 0.1) is 11.2 Å². The van der Waals surface area contributed by atoms with E-state index >= 15 is 0 Å². The van der Waals surface area contributed by atoms with Crippen molar-refractivity contribution in [1.29, 1.82) is 0 Å². The van der Waals surface area contributed by atoms with Crippen molar-refractivity contribution >= 4 is 34.9 Å². The van der Waals surface area contributed by atoms with E-state index in [4.69, 9.17) is 11.6 Å². The van der Waals surface area contributed by atoms with Crippen molar-refractivity contribution < 1.29 is 0 Å². The smallest absolute Gasteiger partial charge is 0.0944 e. The van der Waals surface area contributed by atoms with Crippen LogP contribution in [0.25, 0.3) is 22.2 Å². The van der Waals surface area contributed by atoms with Crippen molar-refractivity contribution in [3.8, 4) is 11.3 Å². The molecule has 120 valence electrons. The molecule has 1 fully saturated rings. The molecule has 4 rings (SSSR count). The second kappa shape index (κ2) is 6.18. The molecule has 0 amide bonds. The highest BCUT2D eigenvalue weighted by molar-refractivity contribution is 6.30. The van der Waals surface area contributed by atoms with Gasteiger partial charge in [0.15, 0.2) is 0 Å². The molecule has 0 unspecified atom stereocenters. The molecular formula is C19H20Cl2N2. The number of halogens is 2. The van der Waals surface area contributed by atoms with E-state index in [1.165, 1.54) is 35.0 Å². The van der Waals surface area contributed by atoms with E-state index in [0.717, 1.165) is 28.7 Å². The molecule has 0 aliphatic heterocycles. The molecule has 1 aliphatic rings. The lowest BCUT2D eigenvalue weighted by Crippen LogP contribution is -2.03. The van der Waals surface area contributed by atoms with Crippen molar-refractivity contribution in [3.63, 3.8) is 0 Å². The molecule has 0 saturated heterocycles. The van der Waals surface area contributed by atoms with E-state index in [2.05, 4.69) is 41.6 Å². The molecule has 2 aromatic heterocycles. The topological polar surface area (TPSA) is 17.8 Å². The van der Waals surface area contributed by atoms with Crippen LogP contribution < -0.4 is 0 Å². The summed E-state index contributed by atoms with van der Waals surface area (Å²) in [5, 5.41) is 2.08. The fraction of sp³-hybridized carbons (Fsp3) is 0.316. The van der Waals surface area contributed by atoms with Crippen molar-refractivity contribution in [2.24, 2.45) is 5.92 Å². The van der Waals surface area contributed by atoms with E-state index < -0.39 is 0 Å². The molecule has 1 aromatic carbocycles. The first kappa shape index (κ1) is 16.4. The summed E-state index contributed by atoms with van der Waals surface area (Å²) in [6.45, 7) is 5.55. The van der Waals surface area contributed by atoms with Crippen molar-refractivity contribution in [1.82, 2.24) is 9.55 Å². The third-order valence-corrected chi connectivity index (χ3v) is 5.05. The first-order valence-electron chi connectivity index (χ1n) is 7.85. The number of nitrogens with zero attached hydrogens (tertiary/aromatic N) is 2. The van der Waals surface area contributed by atoms with Gasteiger partial charge in [0.1, 0.15) is 0 Å². The molecule has 3 aromatic rings. The average molecular weight is 347 g/mol. The number of hydrogen-bond donors (Lipinski definition) is 0. The van der Waals surface area contributed by atoms with Gasteiger partial charge in [-0.15, -0.1) is 12.4 Å². The van der Waals surface area contributed by atoms with E-state index in [0.29, 0.717) is 0 Å². The van der Waals surface area contributed by atoms with Crippen LogP contribution in [0.1, 0.15) is 24.1 Å². The fourth-order valence-electron chi connectivity index (χ4n) is 3.20. The van der Waals surface area contributed by atoms with Crippen LogP contribution >= 0.6 is 24.0 Å². The zero-order chi connectivity index (χ0) is 15.3. The third kappa shape index (κ3) is 2.86. The molecule has 1 aliphatic carbocycles. The summed E-state index contributed by atoms with van der Waals surface area (Å²) in [7, 11) is 0. The average Bonchev–Trinajstić information content (AvgIpc) is 3.32.